The molecule has 0 aromatic heterocycles. The molecule has 0 saturated carbocycles. The summed E-state index contributed by atoms with van der Waals surface area (Å²) in [5, 5.41) is 41.7. The number of benzene rings is 2. The molecule has 2 aliphatic rings. The second-order valence-electron chi connectivity index (χ2n) is 9.63. The van der Waals surface area contributed by atoms with Crippen LogP contribution in [0.1, 0.15) is 73.7 Å². The molecular formula is C25H28O7. The number of phenolic OH excluding ortho intramolecular Hbond substituents is 3. The van der Waals surface area contributed by atoms with E-state index >= 15 is 0 Å². The molecule has 170 valence electrons. The predicted molar refractivity (Wildman–Crippen MR) is 119 cm³/mol. The summed E-state index contributed by atoms with van der Waals surface area (Å²) in [5.41, 5.74) is -0.102. The van der Waals surface area contributed by atoms with E-state index < -0.39 is 17.3 Å². The molecular weight excluding hydrogens is 412 g/mol. The molecule has 0 amide bonds. The SMILES string of the molecule is CC(C)(O)CCc1c(O)cc2c(c1O)C(=O)C[C@@H](c1cc3c(cc1O)OC(C)(C)C=C3)O2. The fraction of sp³-hybridized carbons (Fsp3) is 0.400. The van der Waals surface area contributed by atoms with Crippen LogP contribution in [0.5, 0.6) is 28.7 Å². The maximum Gasteiger partial charge on any atom is 0.174 e. The number of carbonyl (C=O) groups is 1. The number of carbonyl (C=O) groups excluding carboxylic acids is 1. The van der Waals surface area contributed by atoms with Crippen LogP contribution in [-0.2, 0) is 6.42 Å². The lowest BCUT2D eigenvalue weighted by Crippen LogP contribution is -2.27. The Morgan fingerprint density at radius 3 is 2.47 bits per heavy atom. The van der Waals surface area contributed by atoms with Gasteiger partial charge in [0.05, 0.1) is 12.0 Å². The third-order valence-electron chi connectivity index (χ3n) is 5.79. The smallest absolute Gasteiger partial charge is 0.174 e. The van der Waals surface area contributed by atoms with E-state index in [9.17, 15) is 25.2 Å². The minimum atomic E-state index is -0.988. The van der Waals surface area contributed by atoms with Gasteiger partial charge in [-0.1, -0.05) is 6.08 Å². The van der Waals surface area contributed by atoms with Crippen LogP contribution in [0.3, 0.4) is 0 Å². The molecule has 0 bridgehead atoms. The number of ketones is 1. The van der Waals surface area contributed by atoms with Crippen molar-refractivity contribution in [1.29, 1.82) is 0 Å². The highest BCUT2D eigenvalue weighted by atomic mass is 16.5. The molecule has 32 heavy (non-hydrogen) atoms. The molecule has 4 rings (SSSR count). The summed E-state index contributed by atoms with van der Waals surface area (Å²) in [4.78, 5) is 12.9. The van der Waals surface area contributed by atoms with E-state index in [0.29, 0.717) is 17.7 Å². The van der Waals surface area contributed by atoms with Gasteiger partial charge in [-0.3, -0.25) is 4.79 Å². The average molecular weight is 440 g/mol. The summed E-state index contributed by atoms with van der Waals surface area (Å²) >= 11 is 0. The van der Waals surface area contributed by atoms with Crippen molar-refractivity contribution in [2.45, 2.75) is 64.3 Å². The van der Waals surface area contributed by atoms with E-state index in [4.69, 9.17) is 9.47 Å². The molecule has 0 unspecified atom stereocenters. The molecule has 0 aliphatic carbocycles. The van der Waals surface area contributed by atoms with Crippen molar-refractivity contribution < 1.29 is 34.7 Å². The zero-order valence-corrected chi connectivity index (χ0v) is 18.6. The normalized spacial score (nSPS) is 19.0. The largest absolute Gasteiger partial charge is 0.507 e. The van der Waals surface area contributed by atoms with Crippen molar-refractivity contribution in [3.63, 3.8) is 0 Å². The fourth-order valence-corrected chi connectivity index (χ4v) is 4.04. The zero-order chi connectivity index (χ0) is 23.4. The molecule has 7 heteroatoms. The van der Waals surface area contributed by atoms with Gasteiger partial charge in [-0.05, 0) is 52.7 Å². The minimum Gasteiger partial charge on any atom is -0.507 e. The molecule has 2 aromatic carbocycles. The van der Waals surface area contributed by atoms with Crippen LogP contribution in [0.2, 0.25) is 0 Å². The van der Waals surface area contributed by atoms with Crippen LogP contribution >= 0.6 is 0 Å². The van der Waals surface area contributed by atoms with Crippen molar-refractivity contribution in [1.82, 2.24) is 0 Å². The summed E-state index contributed by atoms with van der Waals surface area (Å²) in [7, 11) is 0. The lowest BCUT2D eigenvalue weighted by atomic mass is 9.90. The summed E-state index contributed by atoms with van der Waals surface area (Å²) in [6.07, 6.45) is 3.42. The second kappa shape index (κ2) is 7.45. The van der Waals surface area contributed by atoms with Crippen LogP contribution in [0.15, 0.2) is 24.3 Å². The van der Waals surface area contributed by atoms with E-state index in [1.807, 2.05) is 26.0 Å². The summed E-state index contributed by atoms with van der Waals surface area (Å²) in [6.45, 7) is 7.08. The first-order chi connectivity index (χ1) is 14.8. The Balaban J connectivity index is 1.67. The molecule has 0 saturated heterocycles. The zero-order valence-electron chi connectivity index (χ0n) is 18.6. The number of Topliss-reactive ketones (excluding diaryl/α,β-unsaturated/α-hetero) is 1. The van der Waals surface area contributed by atoms with Gasteiger partial charge in [0.15, 0.2) is 5.78 Å². The van der Waals surface area contributed by atoms with E-state index in [1.165, 1.54) is 12.1 Å². The predicted octanol–water partition coefficient (Wildman–Crippen LogP) is 4.40. The maximum absolute atomic E-state index is 12.9. The summed E-state index contributed by atoms with van der Waals surface area (Å²) in [5.74, 6) is -0.380. The van der Waals surface area contributed by atoms with Crippen molar-refractivity contribution in [2.75, 3.05) is 0 Å². The molecule has 2 aromatic rings. The van der Waals surface area contributed by atoms with Crippen LogP contribution in [-0.4, -0.2) is 37.4 Å². The number of aromatic hydroxyl groups is 3. The van der Waals surface area contributed by atoms with Gasteiger partial charge in [0, 0.05) is 28.8 Å². The molecule has 1 atom stereocenters. The molecule has 4 N–H and O–H groups in total. The molecule has 2 aliphatic heterocycles. The number of ether oxygens (including phenoxy) is 2. The minimum absolute atomic E-state index is 0.00669. The first kappa shape index (κ1) is 22.0. The van der Waals surface area contributed by atoms with Gasteiger partial charge in [-0.2, -0.15) is 0 Å². The van der Waals surface area contributed by atoms with E-state index in [-0.39, 0.29) is 52.7 Å². The van der Waals surface area contributed by atoms with Gasteiger partial charge >= 0.3 is 0 Å². The third kappa shape index (κ3) is 4.12. The Morgan fingerprint density at radius 1 is 1.09 bits per heavy atom. The second-order valence-corrected chi connectivity index (χ2v) is 9.63. The monoisotopic (exact) mass is 440 g/mol. The van der Waals surface area contributed by atoms with Crippen molar-refractivity contribution in [3.8, 4) is 28.7 Å². The van der Waals surface area contributed by atoms with Crippen LogP contribution < -0.4 is 9.47 Å². The molecule has 0 radical (unpaired) electrons. The summed E-state index contributed by atoms with van der Waals surface area (Å²) < 4.78 is 11.8. The van der Waals surface area contributed by atoms with Crippen molar-refractivity contribution in [2.24, 2.45) is 0 Å². The maximum atomic E-state index is 12.9. The molecule has 0 spiro atoms. The lowest BCUT2D eigenvalue weighted by molar-refractivity contribution is 0.0711. The molecule has 0 fully saturated rings. The van der Waals surface area contributed by atoms with Crippen LogP contribution in [0.25, 0.3) is 6.08 Å². The van der Waals surface area contributed by atoms with Crippen LogP contribution in [0.4, 0.5) is 0 Å². The third-order valence-corrected chi connectivity index (χ3v) is 5.79. The van der Waals surface area contributed by atoms with Crippen molar-refractivity contribution in [3.05, 3.63) is 46.5 Å². The number of fused-ring (bicyclic) bond motifs is 2. The van der Waals surface area contributed by atoms with Gasteiger partial charge in [0.2, 0.25) is 0 Å². The van der Waals surface area contributed by atoms with E-state index in [2.05, 4.69) is 0 Å². The Hall–Kier alpha value is -3.19. The fourth-order valence-electron chi connectivity index (χ4n) is 4.04. The lowest BCUT2D eigenvalue weighted by Gasteiger charge is -2.30. The topological polar surface area (TPSA) is 116 Å². The van der Waals surface area contributed by atoms with Gasteiger partial charge in [-0.25, -0.2) is 0 Å². The van der Waals surface area contributed by atoms with Crippen LogP contribution in [0, 0.1) is 0 Å². The highest BCUT2D eigenvalue weighted by Crippen LogP contribution is 2.47. The van der Waals surface area contributed by atoms with Gasteiger partial charge in [0.25, 0.3) is 0 Å². The Labute approximate surface area is 186 Å². The van der Waals surface area contributed by atoms with Gasteiger partial charge in [-0.15, -0.1) is 0 Å². The number of hydrogen-bond acceptors (Lipinski definition) is 7. The quantitative estimate of drug-likeness (QED) is 0.557. The Bertz CT molecular complexity index is 1120. The Kier molecular flexibility index (Phi) is 5.12. The first-order valence-corrected chi connectivity index (χ1v) is 10.6. The van der Waals surface area contributed by atoms with Gasteiger partial charge < -0.3 is 29.9 Å². The van der Waals surface area contributed by atoms with Gasteiger partial charge in [0.1, 0.15) is 46.0 Å². The number of hydrogen-bond donors (Lipinski definition) is 4. The number of aliphatic hydroxyl groups is 1. The number of phenols is 3. The standard InChI is InChI=1S/C25H28O7/c1-24(2,30)7-6-14-16(26)11-21-22(23(14)29)18(28)12-20(31-21)15-9-13-5-8-25(3,4)32-19(13)10-17(15)27/h5,8-11,20,26-27,29-30H,6-7,12H2,1-4H3/t20-/m0/s1. The molecule has 2 heterocycles. The highest BCUT2D eigenvalue weighted by molar-refractivity contribution is 6.03. The number of rotatable bonds is 4. The average Bonchev–Trinajstić information content (AvgIpc) is 2.65. The Morgan fingerprint density at radius 2 is 1.78 bits per heavy atom. The molecule has 7 nitrogen and oxygen atoms in total. The van der Waals surface area contributed by atoms with Crippen molar-refractivity contribution >= 4 is 11.9 Å². The first-order valence-electron chi connectivity index (χ1n) is 10.6. The summed E-state index contributed by atoms with van der Waals surface area (Å²) in [6, 6.07) is 4.53. The van der Waals surface area contributed by atoms with E-state index in [0.717, 1.165) is 5.56 Å². The van der Waals surface area contributed by atoms with E-state index in [1.54, 1.807) is 19.9 Å². The highest BCUT2D eigenvalue weighted by Gasteiger charge is 2.35.